The molecule has 0 fully saturated rings. The number of hydrogen-bond donors (Lipinski definition) is 0. The lowest BCUT2D eigenvalue weighted by Crippen LogP contribution is -2.25. The van der Waals surface area contributed by atoms with Gasteiger partial charge in [-0.3, -0.25) is 4.63 Å². The van der Waals surface area contributed by atoms with Crippen molar-refractivity contribution in [1.82, 2.24) is 5.16 Å². The fourth-order valence-corrected chi connectivity index (χ4v) is 3.37. The Morgan fingerprint density at radius 1 is 0.844 bits per heavy atom. The molecule has 0 aliphatic heterocycles. The highest BCUT2D eigenvalue weighted by molar-refractivity contribution is 5.79. The minimum atomic E-state index is 0.240. The van der Waals surface area contributed by atoms with Crippen molar-refractivity contribution in [3.63, 3.8) is 0 Å². The number of benzene rings is 3. The third kappa shape index (κ3) is 4.15. The van der Waals surface area contributed by atoms with Gasteiger partial charge in [0.1, 0.15) is 12.4 Å². The van der Waals surface area contributed by atoms with Crippen LogP contribution >= 0.6 is 0 Å². The predicted molar refractivity (Wildman–Crippen MR) is 117 cm³/mol. The largest absolute Gasteiger partial charge is 0.493 e. The van der Waals surface area contributed by atoms with Gasteiger partial charge in [0, 0.05) is 16.3 Å². The van der Waals surface area contributed by atoms with Gasteiger partial charge in [-0.1, -0.05) is 42.5 Å². The fourth-order valence-electron chi connectivity index (χ4n) is 3.37. The molecule has 32 heavy (non-hydrogen) atoms. The zero-order chi connectivity index (χ0) is 22.5. The van der Waals surface area contributed by atoms with Gasteiger partial charge in [-0.2, -0.15) is 0 Å². The maximum atomic E-state index is 12.5. The van der Waals surface area contributed by atoms with Crippen LogP contribution < -0.4 is 23.9 Å². The summed E-state index contributed by atoms with van der Waals surface area (Å²) in [7, 11) is 4.56. The van der Waals surface area contributed by atoms with Crippen LogP contribution in [0.25, 0.3) is 22.5 Å². The topological polar surface area (TPSA) is 89.9 Å². The van der Waals surface area contributed by atoms with Crippen molar-refractivity contribution in [2.24, 2.45) is 0 Å². The third-order valence-corrected chi connectivity index (χ3v) is 4.91. The SMILES string of the molecule is COc1cc(-c2no[n+]([O-])c2-c2cccc(OCc3ccccc3)c2)cc(OC)c1OC. The Kier molecular flexibility index (Phi) is 6.12. The van der Waals surface area contributed by atoms with Gasteiger partial charge in [-0.15, -0.1) is 0 Å². The van der Waals surface area contributed by atoms with Crippen LogP contribution in [0.15, 0.2) is 71.4 Å². The van der Waals surface area contributed by atoms with Gasteiger partial charge >= 0.3 is 0 Å². The van der Waals surface area contributed by atoms with Crippen LogP contribution in [0.4, 0.5) is 0 Å². The molecule has 8 nitrogen and oxygen atoms in total. The lowest BCUT2D eigenvalue weighted by molar-refractivity contribution is -0.793. The molecule has 0 saturated heterocycles. The second kappa shape index (κ2) is 9.30. The van der Waals surface area contributed by atoms with Crippen molar-refractivity contribution in [1.29, 1.82) is 0 Å². The number of methoxy groups -OCH3 is 3. The van der Waals surface area contributed by atoms with Crippen molar-refractivity contribution in [2.45, 2.75) is 6.61 Å². The van der Waals surface area contributed by atoms with E-state index in [0.717, 1.165) is 5.56 Å². The van der Waals surface area contributed by atoms with E-state index >= 15 is 0 Å². The molecule has 8 heteroatoms. The van der Waals surface area contributed by atoms with E-state index in [0.29, 0.717) is 51.3 Å². The molecule has 0 bridgehead atoms. The normalized spacial score (nSPS) is 10.6. The van der Waals surface area contributed by atoms with Crippen LogP contribution in [0.5, 0.6) is 23.0 Å². The highest BCUT2D eigenvalue weighted by atomic mass is 16.8. The summed E-state index contributed by atoms with van der Waals surface area (Å²) < 4.78 is 27.0. The molecule has 0 atom stereocenters. The van der Waals surface area contributed by atoms with Crippen molar-refractivity contribution < 1.29 is 28.5 Å². The van der Waals surface area contributed by atoms with Crippen LogP contribution in [0.3, 0.4) is 0 Å². The summed E-state index contributed by atoms with van der Waals surface area (Å²) in [5.74, 6) is 1.93. The molecule has 1 aromatic heterocycles. The maximum absolute atomic E-state index is 12.5. The molecule has 0 saturated carbocycles. The quantitative estimate of drug-likeness (QED) is 0.383. The van der Waals surface area contributed by atoms with Crippen LogP contribution in [0.1, 0.15) is 5.56 Å². The summed E-state index contributed by atoms with van der Waals surface area (Å²) in [5, 5.41) is 16.5. The average molecular weight is 434 g/mol. The third-order valence-electron chi connectivity index (χ3n) is 4.91. The standard InChI is InChI=1S/C24H22N2O6/c1-28-20-13-18(14-21(29-2)24(20)30-3)22-23(26(27)32-25-22)17-10-7-11-19(12-17)31-15-16-8-5-4-6-9-16/h4-14H,15H2,1-3H3. The first-order valence-electron chi connectivity index (χ1n) is 9.82. The minimum absolute atomic E-state index is 0.240. The Bertz CT molecular complexity index is 1180. The van der Waals surface area contributed by atoms with Gasteiger partial charge in [0.15, 0.2) is 11.5 Å². The number of hydrogen-bond acceptors (Lipinski definition) is 7. The van der Waals surface area contributed by atoms with Crippen LogP contribution in [0.2, 0.25) is 0 Å². The van der Waals surface area contributed by atoms with E-state index in [9.17, 15) is 5.21 Å². The molecule has 0 N–H and O–H groups in total. The molecular weight excluding hydrogens is 412 g/mol. The maximum Gasteiger partial charge on any atom is 0.256 e. The van der Waals surface area contributed by atoms with Gasteiger partial charge < -0.3 is 24.2 Å². The van der Waals surface area contributed by atoms with Gasteiger partial charge in [-0.05, 0) is 34.7 Å². The van der Waals surface area contributed by atoms with E-state index in [2.05, 4.69) is 5.16 Å². The minimum Gasteiger partial charge on any atom is -0.493 e. The second-order valence-electron chi connectivity index (χ2n) is 6.84. The van der Waals surface area contributed by atoms with Crippen molar-refractivity contribution in [2.75, 3.05) is 21.3 Å². The summed E-state index contributed by atoms with van der Waals surface area (Å²) in [6.45, 7) is 0.408. The number of ether oxygens (including phenoxy) is 4. The predicted octanol–water partition coefficient (Wildman–Crippen LogP) is 4.25. The van der Waals surface area contributed by atoms with E-state index < -0.39 is 0 Å². The summed E-state index contributed by atoms with van der Waals surface area (Å²) >= 11 is 0. The molecule has 4 aromatic rings. The van der Waals surface area contributed by atoms with Crippen molar-refractivity contribution in [3.05, 3.63) is 77.5 Å². The Hall–Kier alpha value is -4.20. The summed E-state index contributed by atoms with van der Waals surface area (Å²) in [5.41, 5.74) is 2.78. The zero-order valence-electron chi connectivity index (χ0n) is 17.9. The molecule has 0 unspecified atom stereocenters. The van der Waals surface area contributed by atoms with Crippen LogP contribution in [0, 0.1) is 5.21 Å². The number of aromatic nitrogens is 2. The van der Waals surface area contributed by atoms with Gasteiger partial charge in [0.25, 0.3) is 5.69 Å². The molecular formula is C24H22N2O6. The number of nitrogens with zero attached hydrogens (tertiary/aromatic N) is 2. The molecule has 0 radical (unpaired) electrons. The Morgan fingerprint density at radius 2 is 1.56 bits per heavy atom. The molecule has 0 aliphatic carbocycles. The first-order chi connectivity index (χ1) is 15.6. The molecule has 3 aromatic carbocycles. The molecule has 0 spiro atoms. The lowest BCUT2D eigenvalue weighted by atomic mass is 10.0. The van der Waals surface area contributed by atoms with E-state index in [1.54, 1.807) is 24.3 Å². The Morgan fingerprint density at radius 3 is 2.22 bits per heavy atom. The Labute approximate surface area is 185 Å². The smallest absolute Gasteiger partial charge is 0.256 e. The molecule has 1 heterocycles. The van der Waals surface area contributed by atoms with E-state index in [1.165, 1.54) is 21.3 Å². The van der Waals surface area contributed by atoms with Crippen molar-refractivity contribution >= 4 is 0 Å². The van der Waals surface area contributed by atoms with Gasteiger partial charge in [-0.25, -0.2) is 0 Å². The molecule has 164 valence electrons. The lowest BCUT2D eigenvalue weighted by Gasteiger charge is -2.13. The first kappa shape index (κ1) is 21.0. The summed E-state index contributed by atoms with van der Waals surface area (Å²) in [6, 6.07) is 20.4. The number of rotatable bonds is 8. The summed E-state index contributed by atoms with van der Waals surface area (Å²) in [6.07, 6.45) is 0. The van der Waals surface area contributed by atoms with Gasteiger partial charge in [0.05, 0.1) is 21.3 Å². The average Bonchev–Trinajstić information content (AvgIpc) is 3.23. The Balaban J connectivity index is 1.71. The highest BCUT2D eigenvalue weighted by Gasteiger charge is 2.26. The highest BCUT2D eigenvalue weighted by Crippen LogP contribution is 2.42. The van der Waals surface area contributed by atoms with Crippen LogP contribution in [-0.4, -0.2) is 26.5 Å². The van der Waals surface area contributed by atoms with E-state index in [-0.39, 0.29) is 5.69 Å². The van der Waals surface area contributed by atoms with E-state index in [4.69, 9.17) is 23.6 Å². The monoisotopic (exact) mass is 434 g/mol. The van der Waals surface area contributed by atoms with Gasteiger partial charge in [0.2, 0.25) is 11.4 Å². The molecule has 4 rings (SSSR count). The summed E-state index contributed by atoms with van der Waals surface area (Å²) in [4.78, 5) is 0.370. The molecule has 0 aliphatic rings. The van der Waals surface area contributed by atoms with E-state index in [1.807, 2.05) is 42.5 Å². The van der Waals surface area contributed by atoms with Crippen molar-refractivity contribution in [3.8, 4) is 45.5 Å². The first-order valence-corrected chi connectivity index (χ1v) is 9.82. The fraction of sp³-hybridized carbons (Fsp3) is 0.167. The second-order valence-corrected chi connectivity index (χ2v) is 6.84. The molecule has 0 amide bonds. The van der Waals surface area contributed by atoms with Crippen LogP contribution in [-0.2, 0) is 6.61 Å². The zero-order valence-corrected chi connectivity index (χ0v) is 17.9.